The Kier molecular flexibility index (Phi) is 3.72. The minimum atomic E-state index is 0.312. The zero-order chi connectivity index (χ0) is 15.0. The van der Waals surface area contributed by atoms with Gasteiger partial charge in [0.15, 0.2) is 0 Å². The Morgan fingerprint density at radius 2 is 2.14 bits per heavy atom. The van der Waals surface area contributed by atoms with Gasteiger partial charge < -0.3 is 14.6 Å². The van der Waals surface area contributed by atoms with Crippen LogP contribution in [0.25, 0.3) is 0 Å². The zero-order valence-electron chi connectivity index (χ0n) is 13.2. The number of fused-ring (bicyclic) bond motifs is 1. The third-order valence-corrected chi connectivity index (χ3v) is 4.73. The Balaban J connectivity index is 2.00. The minimum Gasteiger partial charge on any atom is -0.497 e. The van der Waals surface area contributed by atoms with Crippen LogP contribution in [0.15, 0.2) is 24.5 Å². The molecule has 0 saturated heterocycles. The number of nitrogens with zero attached hydrogens (tertiary/aromatic N) is 2. The maximum absolute atomic E-state index is 5.35. The van der Waals surface area contributed by atoms with Crippen LogP contribution in [0.1, 0.15) is 41.0 Å². The van der Waals surface area contributed by atoms with Crippen molar-refractivity contribution in [2.75, 3.05) is 14.2 Å². The Bertz CT molecular complexity index is 647. The first-order chi connectivity index (χ1) is 10.2. The van der Waals surface area contributed by atoms with Crippen LogP contribution in [0, 0.1) is 13.8 Å². The Morgan fingerprint density at radius 1 is 1.33 bits per heavy atom. The van der Waals surface area contributed by atoms with Crippen molar-refractivity contribution < 1.29 is 4.74 Å². The first kappa shape index (κ1) is 14.1. The van der Waals surface area contributed by atoms with E-state index in [1.54, 1.807) is 7.11 Å². The van der Waals surface area contributed by atoms with Gasteiger partial charge in [0.2, 0.25) is 0 Å². The molecule has 0 fully saturated rings. The summed E-state index contributed by atoms with van der Waals surface area (Å²) in [7, 11) is 3.76. The fourth-order valence-corrected chi connectivity index (χ4v) is 3.40. The van der Waals surface area contributed by atoms with E-state index >= 15 is 0 Å². The number of nitrogens with one attached hydrogen (secondary N) is 1. The van der Waals surface area contributed by atoms with E-state index in [1.165, 1.54) is 16.8 Å². The van der Waals surface area contributed by atoms with Gasteiger partial charge in [0.05, 0.1) is 31.2 Å². The van der Waals surface area contributed by atoms with Crippen molar-refractivity contribution in [2.45, 2.75) is 38.8 Å². The number of rotatable bonds is 3. The van der Waals surface area contributed by atoms with Crippen molar-refractivity contribution in [3.05, 3.63) is 47.0 Å². The largest absolute Gasteiger partial charge is 0.497 e. The van der Waals surface area contributed by atoms with Crippen LogP contribution in [0.2, 0.25) is 0 Å². The lowest BCUT2D eigenvalue weighted by Crippen LogP contribution is -2.32. The summed E-state index contributed by atoms with van der Waals surface area (Å²) in [4.78, 5) is 4.46. The molecular weight excluding hydrogens is 262 g/mol. The predicted molar refractivity (Wildman–Crippen MR) is 83.9 cm³/mol. The lowest BCUT2D eigenvalue weighted by molar-refractivity contribution is 0.327. The molecule has 0 amide bonds. The smallest absolute Gasteiger partial charge is 0.119 e. The lowest BCUT2D eigenvalue weighted by atomic mass is 9.83. The number of likely N-dealkylation sites (N-methyl/N-ethyl adjacent to an activating group) is 1. The summed E-state index contributed by atoms with van der Waals surface area (Å²) < 4.78 is 7.67. The molecule has 1 N–H and O–H groups in total. The molecule has 2 atom stereocenters. The molecule has 1 aliphatic rings. The second-order valence-corrected chi connectivity index (χ2v) is 5.76. The molecule has 1 aliphatic carbocycles. The van der Waals surface area contributed by atoms with Gasteiger partial charge in [-0.15, -0.1) is 0 Å². The van der Waals surface area contributed by atoms with E-state index < -0.39 is 0 Å². The number of methoxy groups -OCH3 is 1. The van der Waals surface area contributed by atoms with Gasteiger partial charge in [-0.3, -0.25) is 0 Å². The summed E-state index contributed by atoms with van der Waals surface area (Å²) in [5.74, 6) is 0.941. The van der Waals surface area contributed by atoms with Crippen molar-refractivity contribution in [2.24, 2.45) is 0 Å². The fraction of sp³-hybridized carbons (Fsp3) is 0.471. The highest BCUT2D eigenvalue weighted by molar-refractivity contribution is 5.40. The molecule has 1 aromatic heterocycles. The minimum absolute atomic E-state index is 0.312. The van der Waals surface area contributed by atoms with Crippen molar-refractivity contribution in [1.29, 1.82) is 0 Å². The standard InChI is InChI=1S/C17H23N3O/c1-11-12(2)20(10-19-11)16-8-5-13-9-14(21-4)6-7-15(13)17(16)18-3/h6-7,9-10,16-18H,5,8H2,1-4H3. The predicted octanol–water partition coefficient (Wildman–Crippen LogP) is 2.96. The molecule has 2 unspecified atom stereocenters. The lowest BCUT2D eigenvalue weighted by Gasteiger charge is -2.35. The molecule has 0 aliphatic heterocycles. The fourth-order valence-electron chi connectivity index (χ4n) is 3.40. The van der Waals surface area contributed by atoms with Crippen molar-refractivity contribution >= 4 is 0 Å². The van der Waals surface area contributed by atoms with Crippen LogP contribution >= 0.6 is 0 Å². The van der Waals surface area contributed by atoms with Crippen LogP contribution in [0.5, 0.6) is 5.75 Å². The summed E-state index contributed by atoms with van der Waals surface area (Å²) in [5, 5.41) is 3.49. The van der Waals surface area contributed by atoms with E-state index in [9.17, 15) is 0 Å². The van der Waals surface area contributed by atoms with E-state index in [0.717, 1.165) is 24.3 Å². The number of ether oxygens (including phenoxy) is 1. The van der Waals surface area contributed by atoms with Crippen LogP contribution in [-0.2, 0) is 6.42 Å². The van der Waals surface area contributed by atoms with E-state index in [0.29, 0.717) is 12.1 Å². The number of aromatic nitrogens is 2. The Morgan fingerprint density at radius 3 is 2.76 bits per heavy atom. The average molecular weight is 285 g/mol. The van der Waals surface area contributed by atoms with Gasteiger partial charge in [-0.05, 0) is 57.0 Å². The maximum atomic E-state index is 5.35. The number of hydrogen-bond acceptors (Lipinski definition) is 3. The monoisotopic (exact) mass is 285 g/mol. The van der Waals surface area contributed by atoms with Crippen LogP contribution in [0.3, 0.4) is 0 Å². The van der Waals surface area contributed by atoms with Crippen LogP contribution < -0.4 is 10.1 Å². The molecule has 4 nitrogen and oxygen atoms in total. The highest BCUT2D eigenvalue weighted by atomic mass is 16.5. The second kappa shape index (κ2) is 5.53. The third kappa shape index (κ3) is 2.33. The van der Waals surface area contributed by atoms with E-state index in [1.807, 2.05) is 13.4 Å². The van der Waals surface area contributed by atoms with Gasteiger partial charge in [0, 0.05) is 5.69 Å². The van der Waals surface area contributed by atoms with E-state index in [4.69, 9.17) is 4.74 Å². The van der Waals surface area contributed by atoms with Gasteiger partial charge in [-0.25, -0.2) is 4.98 Å². The number of benzene rings is 1. The summed E-state index contributed by atoms with van der Waals surface area (Å²) in [6.07, 6.45) is 4.17. The summed E-state index contributed by atoms with van der Waals surface area (Å²) in [5.41, 5.74) is 5.14. The third-order valence-electron chi connectivity index (χ3n) is 4.73. The van der Waals surface area contributed by atoms with Crippen molar-refractivity contribution in [3.63, 3.8) is 0 Å². The summed E-state index contributed by atoms with van der Waals surface area (Å²) >= 11 is 0. The molecule has 1 heterocycles. The van der Waals surface area contributed by atoms with Crippen molar-refractivity contribution in [3.8, 4) is 5.75 Å². The van der Waals surface area contributed by atoms with Crippen LogP contribution in [0.4, 0.5) is 0 Å². The molecule has 2 aromatic rings. The van der Waals surface area contributed by atoms with Gasteiger partial charge in [-0.2, -0.15) is 0 Å². The van der Waals surface area contributed by atoms with Crippen molar-refractivity contribution in [1.82, 2.24) is 14.9 Å². The number of imidazole rings is 1. The molecule has 0 radical (unpaired) electrons. The molecule has 21 heavy (non-hydrogen) atoms. The Labute approximate surface area is 126 Å². The topological polar surface area (TPSA) is 39.1 Å². The molecule has 4 heteroatoms. The highest BCUT2D eigenvalue weighted by Gasteiger charge is 2.30. The van der Waals surface area contributed by atoms with Gasteiger partial charge in [-0.1, -0.05) is 6.07 Å². The average Bonchev–Trinajstić information content (AvgIpc) is 2.85. The molecular formula is C17H23N3O. The molecule has 112 valence electrons. The Hall–Kier alpha value is -1.81. The first-order valence-electron chi connectivity index (χ1n) is 7.49. The van der Waals surface area contributed by atoms with E-state index in [2.05, 4.69) is 46.9 Å². The van der Waals surface area contributed by atoms with Crippen LogP contribution in [-0.4, -0.2) is 23.7 Å². The second-order valence-electron chi connectivity index (χ2n) is 5.76. The summed E-state index contributed by atoms with van der Waals surface area (Å²) in [6, 6.07) is 7.14. The molecule has 3 rings (SSSR count). The molecule has 0 bridgehead atoms. The van der Waals surface area contributed by atoms with Gasteiger partial charge in [0.25, 0.3) is 0 Å². The number of aryl methyl sites for hydroxylation is 2. The normalized spacial score (nSPS) is 21.1. The molecule has 0 spiro atoms. The number of hydrogen-bond donors (Lipinski definition) is 1. The zero-order valence-corrected chi connectivity index (χ0v) is 13.2. The highest BCUT2D eigenvalue weighted by Crippen LogP contribution is 2.39. The molecule has 1 aromatic carbocycles. The molecule has 0 saturated carbocycles. The quantitative estimate of drug-likeness (QED) is 0.942. The summed E-state index contributed by atoms with van der Waals surface area (Å²) in [6.45, 7) is 4.22. The first-order valence-corrected chi connectivity index (χ1v) is 7.49. The maximum Gasteiger partial charge on any atom is 0.119 e. The van der Waals surface area contributed by atoms with Gasteiger partial charge >= 0.3 is 0 Å². The van der Waals surface area contributed by atoms with Gasteiger partial charge in [0.1, 0.15) is 5.75 Å². The SMILES string of the molecule is CNC1c2ccc(OC)cc2CCC1n1cnc(C)c1C. The van der Waals surface area contributed by atoms with E-state index in [-0.39, 0.29) is 0 Å².